The number of piperazine rings is 1. The Morgan fingerprint density at radius 2 is 1.65 bits per heavy atom. The Balaban J connectivity index is 1.27. The zero-order chi connectivity index (χ0) is 38.1. The second-order valence-electron chi connectivity index (χ2n) is 16.3. The summed E-state index contributed by atoms with van der Waals surface area (Å²) in [7, 11) is -0.0840. The molecule has 1 saturated carbocycles. The third kappa shape index (κ3) is 6.15. The molecular formula is C42H52N6O5S. The van der Waals surface area contributed by atoms with Gasteiger partial charge in [-0.2, -0.15) is 0 Å². The zero-order valence-electron chi connectivity index (χ0n) is 32.3. The van der Waals surface area contributed by atoms with Gasteiger partial charge in [-0.05, 0) is 114 Å². The van der Waals surface area contributed by atoms with E-state index in [-0.39, 0.29) is 30.1 Å². The number of sulfonamides is 1. The minimum Gasteiger partial charge on any atom is -0.497 e. The lowest BCUT2D eigenvalue weighted by Crippen LogP contribution is -2.54. The van der Waals surface area contributed by atoms with Crippen molar-refractivity contribution in [2.75, 3.05) is 27.2 Å². The SMILES string of the molecule is COc1ccc2c(c1)C=C(c1c(C(=O)N3C4CCC3CN(C)C4)ncn1C(C)C)Cn1c-2cc2ccc(C(=O)N(C3CCCCC3)S(=O)(=O)C(C)C)cc21. The van der Waals surface area contributed by atoms with Crippen molar-refractivity contribution in [3.05, 3.63) is 71.3 Å². The van der Waals surface area contributed by atoms with Crippen LogP contribution in [0.5, 0.6) is 5.75 Å². The number of carbonyl (C=O) groups excluding carboxylic acids is 2. The molecule has 2 unspecified atom stereocenters. The summed E-state index contributed by atoms with van der Waals surface area (Å²) in [5.41, 5.74) is 6.21. The molecule has 8 rings (SSSR count). The molecule has 1 aliphatic carbocycles. The first-order chi connectivity index (χ1) is 25.9. The van der Waals surface area contributed by atoms with Crippen LogP contribution in [0.25, 0.3) is 33.8 Å². The van der Waals surface area contributed by atoms with Crippen molar-refractivity contribution < 1.29 is 22.7 Å². The molecule has 286 valence electrons. The van der Waals surface area contributed by atoms with Crippen LogP contribution in [0.3, 0.4) is 0 Å². The number of methoxy groups -OCH3 is 1. The number of aromatic nitrogens is 3. The number of hydrogen-bond acceptors (Lipinski definition) is 7. The highest BCUT2D eigenvalue weighted by Crippen LogP contribution is 2.41. The van der Waals surface area contributed by atoms with Crippen molar-refractivity contribution in [2.24, 2.45) is 0 Å². The van der Waals surface area contributed by atoms with Gasteiger partial charge in [-0.25, -0.2) is 17.7 Å². The smallest absolute Gasteiger partial charge is 0.275 e. The molecule has 3 fully saturated rings. The molecule has 11 nitrogen and oxygen atoms in total. The first kappa shape index (κ1) is 36.6. The van der Waals surface area contributed by atoms with E-state index < -0.39 is 21.2 Å². The lowest BCUT2D eigenvalue weighted by atomic mass is 9.95. The fourth-order valence-corrected chi connectivity index (χ4v) is 10.7. The summed E-state index contributed by atoms with van der Waals surface area (Å²) in [5, 5.41) is 0.213. The van der Waals surface area contributed by atoms with E-state index in [9.17, 15) is 18.0 Å². The monoisotopic (exact) mass is 752 g/mol. The molecule has 3 aliphatic heterocycles. The van der Waals surface area contributed by atoms with E-state index in [2.05, 4.69) is 58.0 Å². The van der Waals surface area contributed by atoms with Crippen LogP contribution >= 0.6 is 0 Å². The number of rotatable bonds is 8. The minimum absolute atomic E-state index is 0.0272. The molecule has 2 amide bonds. The molecule has 0 spiro atoms. The van der Waals surface area contributed by atoms with Crippen molar-refractivity contribution in [2.45, 2.75) is 109 Å². The Morgan fingerprint density at radius 3 is 2.31 bits per heavy atom. The van der Waals surface area contributed by atoms with Gasteiger partial charge in [0, 0.05) is 59.3 Å². The maximum atomic E-state index is 14.6. The third-order valence-corrected chi connectivity index (χ3v) is 14.3. The normalized spacial score (nSPS) is 20.6. The molecule has 54 heavy (non-hydrogen) atoms. The lowest BCUT2D eigenvalue weighted by Gasteiger charge is -2.39. The van der Waals surface area contributed by atoms with Gasteiger partial charge in [-0.3, -0.25) is 9.59 Å². The molecule has 2 aromatic carbocycles. The number of fused-ring (bicyclic) bond motifs is 7. The summed E-state index contributed by atoms with van der Waals surface area (Å²) in [6, 6.07) is 13.7. The summed E-state index contributed by atoms with van der Waals surface area (Å²) in [6.45, 7) is 9.60. The number of likely N-dealkylation sites (tertiary alicyclic amines) is 1. The maximum Gasteiger partial charge on any atom is 0.275 e. The average molecular weight is 753 g/mol. The van der Waals surface area contributed by atoms with E-state index in [1.54, 1.807) is 33.4 Å². The van der Waals surface area contributed by atoms with Crippen LogP contribution in [0.4, 0.5) is 0 Å². The van der Waals surface area contributed by atoms with Gasteiger partial charge in [0.05, 0.1) is 36.6 Å². The fraction of sp³-hybridized carbons (Fsp3) is 0.500. The maximum absolute atomic E-state index is 14.6. The predicted octanol–water partition coefficient (Wildman–Crippen LogP) is 7.08. The highest BCUT2D eigenvalue weighted by Gasteiger charge is 2.44. The van der Waals surface area contributed by atoms with Crippen LogP contribution < -0.4 is 4.74 Å². The highest BCUT2D eigenvalue weighted by atomic mass is 32.2. The van der Waals surface area contributed by atoms with Gasteiger partial charge < -0.3 is 23.7 Å². The lowest BCUT2D eigenvalue weighted by molar-refractivity contribution is 0.0467. The van der Waals surface area contributed by atoms with Gasteiger partial charge in [-0.15, -0.1) is 0 Å². The third-order valence-electron chi connectivity index (χ3n) is 12.1. The predicted molar refractivity (Wildman–Crippen MR) is 212 cm³/mol. The number of carbonyl (C=O) groups is 2. The molecule has 5 heterocycles. The summed E-state index contributed by atoms with van der Waals surface area (Å²) in [5.74, 6) is 0.217. The summed E-state index contributed by atoms with van der Waals surface area (Å²) >= 11 is 0. The van der Waals surface area contributed by atoms with Crippen LogP contribution in [0.15, 0.2) is 48.8 Å². The van der Waals surface area contributed by atoms with Crippen molar-refractivity contribution in [3.8, 4) is 17.0 Å². The van der Waals surface area contributed by atoms with Crippen LogP contribution in [0, 0.1) is 0 Å². The van der Waals surface area contributed by atoms with Gasteiger partial charge in [-0.1, -0.05) is 25.3 Å². The first-order valence-corrected chi connectivity index (χ1v) is 21.1. The fourth-order valence-electron chi connectivity index (χ4n) is 9.30. The molecule has 12 heteroatoms. The van der Waals surface area contributed by atoms with Crippen molar-refractivity contribution in [1.82, 2.24) is 28.2 Å². The van der Waals surface area contributed by atoms with Gasteiger partial charge in [0.2, 0.25) is 10.0 Å². The number of nitrogens with zero attached hydrogens (tertiary/aromatic N) is 6. The van der Waals surface area contributed by atoms with Gasteiger partial charge >= 0.3 is 0 Å². The Labute approximate surface area is 318 Å². The Morgan fingerprint density at radius 1 is 0.926 bits per heavy atom. The molecule has 2 bridgehead atoms. The molecule has 4 aromatic rings. The second kappa shape index (κ2) is 14.0. The van der Waals surface area contributed by atoms with E-state index in [0.29, 0.717) is 30.6 Å². The van der Waals surface area contributed by atoms with E-state index in [1.807, 2.05) is 24.3 Å². The number of imidazole rings is 1. The van der Waals surface area contributed by atoms with Crippen molar-refractivity contribution in [3.63, 3.8) is 0 Å². The molecule has 2 atom stereocenters. The number of hydrogen-bond donors (Lipinski definition) is 0. The number of allylic oxidation sites excluding steroid dienone is 1. The Hall–Kier alpha value is -4.42. The average Bonchev–Trinajstić information content (AvgIpc) is 3.80. The van der Waals surface area contributed by atoms with Crippen LogP contribution in [-0.2, 0) is 16.6 Å². The van der Waals surface area contributed by atoms with Crippen LogP contribution in [0.1, 0.15) is 111 Å². The number of benzene rings is 2. The molecule has 2 saturated heterocycles. The second-order valence-corrected chi connectivity index (χ2v) is 18.6. The summed E-state index contributed by atoms with van der Waals surface area (Å²) < 4.78 is 38.8. The number of likely N-dealkylation sites (N-methyl/N-ethyl adjacent to an activating group) is 1. The van der Waals surface area contributed by atoms with Crippen LogP contribution in [0.2, 0.25) is 0 Å². The highest BCUT2D eigenvalue weighted by molar-refractivity contribution is 7.90. The van der Waals surface area contributed by atoms with Gasteiger partial charge in [0.1, 0.15) is 5.75 Å². The topological polar surface area (TPSA) is 110 Å². The van der Waals surface area contributed by atoms with Gasteiger partial charge in [0.25, 0.3) is 11.8 Å². The van der Waals surface area contributed by atoms with Gasteiger partial charge in [0.15, 0.2) is 5.69 Å². The standard InChI is InChI=1S/C42H52N6O5S/c1-26(2)46-25-43-39(42(50)47-33-14-15-34(47)24-44(5)23-33)40(46)31-18-30-19-35(53-6)16-17-36(30)38-20-28-12-13-29(21-37(28)45(38)22-31)41(49)48(54(51,52)27(3)4)32-10-8-7-9-11-32/h12-13,16-21,25-27,32-34H,7-11,14-15,22-24H2,1-6H3. The molecule has 0 radical (unpaired) electrons. The number of ether oxygens (including phenoxy) is 1. The largest absolute Gasteiger partial charge is 0.497 e. The zero-order valence-corrected chi connectivity index (χ0v) is 33.1. The minimum atomic E-state index is -3.87. The molecule has 4 aliphatic rings. The Kier molecular flexibility index (Phi) is 9.49. The van der Waals surface area contributed by atoms with Crippen molar-refractivity contribution in [1.29, 1.82) is 0 Å². The summed E-state index contributed by atoms with van der Waals surface area (Å²) in [4.78, 5) is 38.3. The first-order valence-electron chi connectivity index (χ1n) is 19.6. The quantitative estimate of drug-likeness (QED) is 0.189. The van der Waals surface area contributed by atoms with E-state index in [0.717, 1.165) is 89.9 Å². The molecule has 2 aromatic heterocycles. The van der Waals surface area contributed by atoms with E-state index >= 15 is 0 Å². The number of amides is 2. The Bertz CT molecular complexity index is 2250. The summed E-state index contributed by atoms with van der Waals surface area (Å²) in [6.07, 6.45) is 10.1. The van der Waals surface area contributed by atoms with E-state index in [1.165, 1.54) is 4.31 Å². The van der Waals surface area contributed by atoms with E-state index in [4.69, 9.17) is 9.72 Å². The molecular weight excluding hydrogens is 701 g/mol. The van der Waals surface area contributed by atoms with Crippen molar-refractivity contribution >= 4 is 44.4 Å². The molecule has 0 N–H and O–H groups in total. The van der Waals surface area contributed by atoms with Crippen LogP contribution in [-0.4, -0.2) is 99.1 Å².